The minimum absolute atomic E-state index is 0.0629. The van der Waals surface area contributed by atoms with Crippen LogP contribution in [-0.4, -0.2) is 22.4 Å². The predicted octanol–water partition coefficient (Wildman–Crippen LogP) is 2.56. The second-order valence-electron chi connectivity index (χ2n) is 5.79. The summed E-state index contributed by atoms with van der Waals surface area (Å²) in [5.74, 6) is 0.207. The molecule has 0 unspecified atom stereocenters. The molecule has 1 saturated carbocycles. The number of aliphatic hydroxyl groups excluding tert-OH is 1. The zero-order valence-electron chi connectivity index (χ0n) is 11.3. The van der Waals surface area contributed by atoms with E-state index in [1.807, 2.05) is 0 Å². The van der Waals surface area contributed by atoms with Crippen molar-refractivity contribution in [3.05, 3.63) is 29.6 Å². The van der Waals surface area contributed by atoms with Crippen LogP contribution >= 0.6 is 0 Å². The third-order valence-corrected chi connectivity index (χ3v) is 4.14. The summed E-state index contributed by atoms with van der Waals surface area (Å²) in [6, 6.07) is 4.05. The molecule has 19 heavy (non-hydrogen) atoms. The third-order valence-electron chi connectivity index (χ3n) is 4.14. The number of rotatable bonds is 4. The van der Waals surface area contributed by atoms with E-state index < -0.39 is 5.82 Å². The lowest BCUT2D eigenvalue weighted by Gasteiger charge is -2.39. The zero-order chi connectivity index (χ0) is 13.9. The monoisotopic (exact) mass is 267 g/mol. The Kier molecular flexibility index (Phi) is 4.42. The molecule has 3 nitrogen and oxygen atoms in total. The van der Waals surface area contributed by atoms with Crippen molar-refractivity contribution in [2.24, 2.45) is 5.92 Å². The lowest BCUT2D eigenvalue weighted by Crippen LogP contribution is -2.50. The van der Waals surface area contributed by atoms with Crippen LogP contribution in [0, 0.1) is 11.7 Å². The van der Waals surface area contributed by atoms with Crippen LogP contribution in [0.25, 0.3) is 0 Å². The molecule has 1 aliphatic carbocycles. The van der Waals surface area contributed by atoms with Gasteiger partial charge in [-0.25, -0.2) is 4.39 Å². The molecule has 0 bridgehead atoms. The number of benzene rings is 1. The summed E-state index contributed by atoms with van der Waals surface area (Å²) in [4.78, 5) is 0. The molecule has 0 radical (unpaired) electrons. The van der Waals surface area contributed by atoms with Crippen molar-refractivity contribution in [1.82, 2.24) is 5.32 Å². The Morgan fingerprint density at radius 2 is 2.00 bits per heavy atom. The van der Waals surface area contributed by atoms with Gasteiger partial charge < -0.3 is 15.5 Å². The Balaban J connectivity index is 1.99. The molecule has 0 heterocycles. The Bertz CT molecular complexity index is 408. The van der Waals surface area contributed by atoms with Crippen molar-refractivity contribution in [3.8, 4) is 5.75 Å². The van der Waals surface area contributed by atoms with Gasteiger partial charge in [-0.3, -0.25) is 0 Å². The highest BCUT2D eigenvalue weighted by atomic mass is 19.1. The Hall–Kier alpha value is -1.13. The highest BCUT2D eigenvalue weighted by molar-refractivity contribution is 5.28. The van der Waals surface area contributed by atoms with E-state index in [0.29, 0.717) is 18.0 Å². The van der Waals surface area contributed by atoms with E-state index in [1.165, 1.54) is 6.07 Å². The normalized spacial score (nSPS) is 27.4. The van der Waals surface area contributed by atoms with E-state index >= 15 is 0 Å². The first-order valence-electron chi connectivity index (χ1n) is 6.87. The number of halogens is 1. The molecule has 0 saturated heterocycles. The molecule has 0 aromatic heterocycles. The van der Waals surface area contributed by atoms with E-state index in [-0.39, 0.29) is 17.9 Å². The largest absolute Gasteiger partial charge is 0.508 e. The fourth-order valence-corrected chi connectivity index (χ4v) is 2.73. The first kappa shape index (κ1) is 14.3. The number of aliphatic hydroxyl groups is 1. The number of phenols is 1. The van der Waals surface area contributed by atoms with E-state index in [0.717, 1.165) is 31.7 Å². The summed E-state index contributed by atoms with van der Waals surface area (Å²) >= 11 is 0. The van der Waals surface area contributed by atoms with E-state index in [4.69, 9.17) is 0 Å². The number of phenolic OH excluding ortho intramolecular Hbond substituents is 1. The molecule has 1 fully saturated rings. The van der Waals surface area contributed by atoms with Gasteiger partial charge in [0.2, 0.25) is 0 Å². The first-order valence-corrected chi connectivity index (χ1v) is 6.87. The third kappa shape index (κ3) is 3.67. The standard InChI is InChI=1S/C15H22FNO2/c1-11-2-4-15(10-18,5-3-11)17-9-12-6-13(16)8-14(19)7-12/h6-8,11,17-19H,2-5,9-10H2,1H3. The average molecular weight is 267 g/mol. The fraction of sp³-hybridized carbons (Fsp3) is 0.600. The smallest absolute Gasteiger partial charge is 0.127 e. The van der Waals surface area contributed by atoms with Crippen molar-refractivity contribution < 1.29 is 14.6 Å². The zero-order valence-corrected chi connectivity index (χ0v) is 11.3. The molecule has 0 spiro atoms. The van der Waals surface area contributed by atoms with Crippen LogP contribution in [0.4, 0.5) is 4.39 Å². The maximum atomic E-state index is 13.2. The maximum Gasteiger partial charge on any atom is 0.127 e. The van der Waals surface area contributed by atoms with Crippen LogP contribution in [0.15, 0.2) is 18.2 Å². The number of hydrogen-bond donors (Lipinski definition) is 3. The lowest BCUT2D eigenvalue weighted by atomic mass is 9.77. The van der Waals surface area contributed by atoms with Crippen molar-refractivity contribution in [1.29, 1.82) is 0 Å². The van der Waals surface area contributed by atoms with Crippen molar-refractivity contribution >= 4 is 0 Å². The summed E-state index contributed by atoms with van der Waals surface area (Å²) in [5.41, 5.74) is 0.443. The van der Waals surface area contributed by atoms with Crippen LogP contribution in [0.3, 0.4) is 0 Å². The molecule has 1 aliphatic rings. The van der Waals surface area contributed by atoms with E-state index in [9.17, 15) is 14.6 Å². The van der Waals surface area contributed by atoms with Gasteiger partial charge in [-0.2, -0.15) is 0 Å². The quantitative estimate of drug-likeness (QED) is 0.786. The summed E-state index contributed by atoms with van der Waals surface area (Å²) in [6.45, 7) is 2.78. The van der Waals surface area contributed by atoms with Gasteiger partial charge in [0.05, 0.1) is 6.61 Å². The highest BCUT2D eigenvalue weighted by Crippen LogP contribution is 2.32. The minimum atomic E-state index is -0.438. The van der Waals surface area contributed by atoms with Crippen molar-refractivity contribution in [2.45, 2.75) is 44.7 Å². The molecule has 0 atom stereocenters. The first-order chi connectivity index (χ1) is 9.03. The van der Waals surface area contributed by atoms with Crippen LogP contribution < -0.4 is 5.32 Å². The molecular weight excluding hydrogens is 245 g/mol. The molecule has 3 N–H and O–H groups in total. The Morgan fingerprint density at radius 1 is 1.32 bits per heavy atom. The van der Waals surface area contributed by atoms with E-state index in [1.54, 1.807) is 6.07 Å². The summed E-state index contributed by atoms with van der Waals surface area (Å²) in [5, 5.41) is 22.3. The topological polar surface area (TPSA) is 52.5 Å². The van der Waals surface area contributed by atoms with Gasteiger partial charge in [-0.1, -0.05) is 6.92 Å². The van der Waals surface area contributed by atoms with E-state index in [2.05, 4.69) is 12.2 Å². The molecule has 0 amide bonds. The van der Waals surface area contributed by atoms with Gasteiger partial charge in [0, 0.05) is 18.2 Å². The van der Waals surface area contributed by atoms with Crippen LogP contribution in [0.1, 0.15) is 38.2 Å². The lowest BCUT2D eigenvalue weighted by molar-refractivity contribution is 0.104. The molecule has 1 aromatic rings. The summed E-state index contributed by atoms with van der Waals surface area (Å²) in [6.07, 6.45) is 4.07. The molecule has 0 aliphatic heterocycles. The van der Waals surface area contributed by atoms with Gasteiger partial charge in [0.25, 0.3) is 0 Å². The summed E-state index contributed by atoms with van der Waals surface area (Å²) in [7, 11) is 0. The van der Waals surface area contributed by atoms with Gasteiger partial charge in [0.15, 0.2) is 0 Å². The number of aromatic hydroxyl groups is 1. The van der Waals surface area contributed by atoms with Crippen molar-refractivity contribution in [2.75, 3.05) is 6.61 Å². The number of nitrogens with one attached hydrogen (secondary N) is 1. The predicted molar refractivity (Wildman–Crippen MR) is 72.4 cm³/mol. The molecular formula is C15H22FNO2. The van der Waals surface area contributed by atoms with Gasteiger partial charge in [0.1, 0.15) is 11.6 Å². The Labute approximate surface area is 113 Å². The molecule has 1 aromatic carbocycles. The van der Waals surface area contributed by atoms with Crippen LogP contribution in [-0.2, 0) is 6.54 Å². The maximum absolute atomic E-state index is 13.2. The Morgan fingerprint density at radius 3 is 2.58 bits per heavy atom. The van der Waals surface area contributed by atoms with Gasteiger partial charge >= 0.3 is 0 Å². The summed E-state index contributed by atoms with van der Waals surface area (Å²) < 4.78 is 13.2. The van der Waals surface area contributed by atoms with Gasteiger partial charge in [-0.05, 0) is 49.3 Å². The van der Waals surface area contributed by atoms with Crippen molar-refractivity contribution in [3.63, 3.8) is 0 Å². The molecule has 2 rings (SSSR count). The molecule has 4 heteroatoms. The average Bonchev–Trinajstić information content (AvgIpc) is 2.38. The second kappa shape index (κ2) is 5.88. The van der Waals surface area contributed by atoms with Gasteiger partial charge in [-0.15, -0.1) is 0 Å². The highest BCUT2D eigenvalue weighted by Gasteiger charge is 2.32. The minimum Gasteiger partial charge on any atom is -0.508 e. The van der Waals surface area contributed by atoms with Crippen LogP contribution in [0.2, 0.25) is 0 Å². The fourth-order valence-electron chi connectivity index (χ4n) is 2.73. The molecule has 106 valence electrons. The SMILES string of the molecule is CC1CCC(CO)(NCc2cc(O)cc(F)c2)CC1. The number of hydrogen-bond acceptors (Lipinski definition) is 3. The van der Waals surface area contributed by atoms with Crippen LogP contribution in [0.5, 0.6) is 5.75 Å². The second-order valence-corrected chi connectivity index (χ2v) is 5.79.